The molecule has 7 nitrogen and oxygen atoms in total. The van der Waals surface area contributed by atoms with E-state index in [4.69, 9.17) is 14.9 Å². The topological polar surface area (TPSA) is 91.3 Å². The van der Waals surface area contributed by atoms with Crippen LogP contribution in [0.25, 0.3) is 0 Å². The van der Waals surface area contributed by atoms with Gasteiger partial charge in [-0.05, 0) is 38.1 Å². The van der Waals surface area contributed by atoms with Crippen LogP contribution >= 0.6 is 0 Å². The van der Waals surface area contributed by atoms with Crippen LogP contribution in [0.3, 0.4) is 0 Å². The van der Waals surface area contributed by atoms with Crippen molar-refractivity contribution in [2.45, 2.75) is 38.8 Å². The van der Waals surface area contributed by atoms with E-state index < -0.39 is 0 Å². The van der Waals surface area contributed by atoms with Crippen LogP contribution in [-0.4, -0.2) is 49.1 Å². The second-order valence-electron chi connectivity index (χ2n) is 7.10. The van der Waals surface area contributed by atoms with E-state index in [1.165, 1.54) is 38.8 Å². The second-order valence-corrected chi connectivity index (χ2v) is 7.10. The zero-order valence-electron chi connectivity index (χ0n) is 15.8. The highest BCUT2D eigenvalue weighted by atomic mass is 16.3. The van der Waals surface area contributed by atoms with E-state index in [-0.39, 0.29) is 5.57 Å². The maximum absolute atomic E-state index is 9.03. The number of rotatable bonds is 7. The van der Waals surface area contributed by atoms with Crippen molar-refractivity contribution in [2.24, 2.45) is 0 Å². The predicted molar refractivity (Wildman–Crippen MR) is 102 cm³/mol. The summed E-state index contributed by atoms with van der Waals surface area (Å²) in [7, 11) is 0. The SMILES string of the molecule is N#CC(C#N)=C1NCCN1CCNCc1ccc(CN2CCCCCC2)o1. The minimum Gasteiger partial charge on any atom is -0.463 e. The summed E-state index contributed by atoms with van der Waals surface area (Å²) in [5, 5.41) is 24.6. The van der Waals surface area contributed by atoms with Gasteiger partial charge in [0.15, 0.2) is 5.57 Å². The van der Waals surface area contributed by atoms with Gasteiger partial charge in [0.05, 0.1) is 13.1 Å². The maximum Gasteiger partial charge on any atom is 0.169 e. The van der Waals surface area contributed by atoms with Crippen LogP contribution in [0.1, 0.15) is 37.2 Å². The number of hydrogen-bond acceptors (Lipinski definition) is 7. The summed E-state index contributed by atoms with van der Waals surface area (Å²) in [4.78, 5) is 4.53. The van der Waals surface area contributed by atoms with Crippen LogP contribution in [0.15, 0.2) is 27.9 Å². The Kier molecular flexibility index (Phi) is 7.15. The van der Waals surface area contributed by atoms with Crippen molar-refractivity contribution in [3.63, 3.8) is 0 Å². The van der Waals surface area contributed by atoms with Crippen molar-refractivity contribution in [1.29, 1.82) is 10.5 Å². The van der Waals surface area contributed by atoms with Crippen LogP contribution in [0.2, 0.25) is 0 Å². The fourth-order valence-corrected chi connectivity index (χ4v) is 3.68. The third-order valence-corrected chi connectivity index (χ3v) is 5.10. The molecule has 2 N–H and O–H groups in total. The average molecular weight is 368 g/mol. The Bertz CT molecular complexity index is 702. The van der Waals surface area contributed by atoms with E-state index in [1.807, 2.05) is 23.1 Å². The van der Waals surface area contributed by atoms with Gasteiger partial charge in [0.25, 0.3) is 0 Å². The number of hydrogen-bond donors (Lipinski definition) is 2. The van der Waals surface area contributed by atoms with E-state index >= 15 is 0 Å². The third kappa shape index (κ3) is 5.50. The van der Waals surface area contributed by atoms with Gasteiger partial charge in [-0.25, -0.2) is 0 Å². The lowest BCUT2D eigenvalue weighted by molar-refractivity contribution is 0.249. The number of likely N-dealkylation sites (tertiary alicyclic amines) is 1. The highest BCUT2D eigenvalue weighted by molar-refractivity contribution is 5.39. The van der Waals surface area contributed by atoms with E-state index in [0.717, 1.165) is 44.2 Å². The molecule has 7 heteroatoms. The van der Waals surface area contributed by atoms with Gasteiger partial charge in [0.2, 0.25) is 0 Å². The molecule has 0 aromatic carbocycles. The lowest BCUT2D eigenvalue weighted by Crippen LogP contribution is -2.30. The van der Waals surface area contributed by atoms with Crippen LogP contribution in [0.5, 0.6) is 0 Å². The molecule has 3 rings (SSSR count). The van der Waals surface area contributed by atoms with Gasteiger partial charge in [-0.1, -0.05) is 12.8 Å². The lowest BCUT2D eigenvalue weighted by atomic mass is 10.2. The molecule has 2 aliphatic rings. The van der Waals surface area contributed by atoms with Crippen molar-refractivity contribution in [3.05, 3.63) is 35.0 Å². The van der Waals surface area contributed by atoms with Gasteiger partial charge in [-0.2, -0.15) is 10.5 Å². The summed E-state index contributed by atoms with van der Waals surface area (Å²) in [6.07, 6.45) is 5.27. The molecule has 0 spiro atoms. The number of nitriles is 2. The molecular weight excluding hydrogens is 340 g/mol. The molecule has 0 amide bonds. The first-order valence-electron chi connectivity index (χ1n) is 9.84. The molecule has 2 aliphatic heterocycles. The second kappa shape index (κ2) is 10.0. The van der Waals surface area contributed by atoms with Crippen molar-refractivity contribution in [1.82, 2.24) is 20.4 Å². The Balaban J connectivity index is 1.41. The third-order valence-electron chi connectivity index (χ3n) is 5.10. The Morgan fingerprint density at radius 2 is 1.81 bits per heavy atom. The Hall–Kier alpha value is -2.48. The molecule has 27 heavy (non-hydrogen) atoms. The molecule has 0 aliphatic carbocycles. The maximum atomic E-state index is 9.03. The van der Waals surface area contributed by atoms with Crippen LogP contribution in [-0.2, 0) is 13.1 Å². The van der Waals surface area contributed by atoms with Gasteiger partial charge in [-0.3, -0.25) is 4.90 Å². The van der Waals surface area contributed by atoms with Gasteiger partial charge >= 0.3 is 0 Å². The first-order chi connectivity index (χ1) is 13.3. The smallest absolute Gasteiger partial charge is 0.169 e. The van der Waals surface area contributed by atoms with Gasteiger partial charge in [0, 0.05) is 26.2 Å². The van der Waals surface area contributed by atoms with E-state index in [1.54, 1.807) is 0 Å². The summed E-state index contributed by atoms with van der Waals surface area (Å²) < 4.78 is 5.97. The van der Waals surface area contributed by atoms with Gasteiger partial charge in [0.1, 0.15) is 29.5 Å². The fraction of sp³-hybridized carbons (Fsp3) is 0.600. The lowest BCUT2D eigenvalue weighted by Gasteiger charge is -2.19. The molecule has 1 aromatic heterocycles. The fourth-order valence-electron chi connectivity index (χ4n) is 3.68. The molecule has 2 fully saturated rings. The zero-order valence-corrected chi connectivity index (χ0v) is 15.8. The highest BCUT2D eigenvalue weighted by Gasteiger charge is 2.20. The van der Waals surface area contributed by atoms with E-state index in [0.29, 0.717) is 12.4 Å². The van der Waals surface area contributed by atoms with Crippen molar-refractivity contribution in [3.8, 4) is 12.1 Å². The Morgan fingerprint density at radius 3 is 2.56 bits per heavy atom. The first-order valence-corrected chi connectivity index (χ1v) is 9.84. The number of nitrogens with one attached hydrogen (secondary N) is 2. The van der Waals surface area contributed by atoms with Crippen LogP contribution < -0.4 is 10.6 Å². The zero-order chi connectivity index (χ0) is 18.9. The number of furan rings is 1. The molecular formula is C20H28N6O. The summed E-state index contributed by atoms with van der Waals surface area (Å²) in [5.41, 5.74) is 0.150. The molecule has 0 bridgehead atoms. The predicted octanol–water partition coefficient (Wildman–Crippen LogP) is 1.91. The van der Waals surface area contributed by atoms with Gasteiger partial charge < -0.3 is 20.0 Å². The molecule has 3 heterocycles. The van der Waals surface area contributed by atoms with E-state index in [2.05, 4.69) is 21.6 Å². The van der Waals surface area contributed by atoms with Crippen molar-refractivity contribution < 1.29 is 4.42 Å². The average Bonchev–Trinajstić information content (AvgIpc) is 3.24. The quantitative estimate of drug-likeness (QED) is 0.561. The van der Waals surface area contributed by atoms with Crippen LogP contribution in [0, 0.1) is 22.7 Å². The molecule has 1 aromatic rings. The minimum atomic E-state index is 0.150. The summed E-state index contributed by atoms with van der Waals surface area (Å²) >= 11 is 0. The van der Waals surface area contributed by atoms with Crippen LogP contribution in [0.4, 0.5) is 0 Å². The standard InChI is InChI=1S/C20H28N6O/c21-13-17(14-22)20-24-8-12-26(20)11-7-23-15-18-5-6-19(27-18)16-25-9-3-1-2-4-10-25/h5-6,23-24H,1-4,7-12,15-16H2. The molecule has 2 saturated heterocycles. The van der Waals surface area contributed by atoms with Crippen molar-refractivity contribution in [2.75, 3.05) is 39.3 Å². The monoisotopic (exact) mass is 368 g/mol. The first kappa shape index (κ1) is 19.3. The number of nitrogens with zero attached hydrogens (tertiary/aromatic N) is 4. The molecule has 0 radical (unpaired) electrons. The Labute approximate surface area is 161 Å². The summed E-state index contributed by atoms with van der Waals surface area (Å²) in [6.45, 7) is 7.00. The Morgan fingerprint density at radius 1 is 1.07 bits per heavy atom. The molecule has 0 unspecified atom stereocenters. The number of allylic oxidation sites excluding steroid dienone is 1. The summed E-state index contributed by atoms with van der Waals surface area (Å²) in [5.74, 6) is 2.64. The van der Waals surface area contributed by atoms with Crippen molar-refractivity contribution >= 4 is 0 Å². The minimum absolute atomic E-state index is 0.150. The van der Waals surface area contributed by atoms with Gasteiger partial charge in [-0.15, -0.1) is 0 Å². The highest BCUT2D eigenvalue weighted by Crippen LogP contribution is 2.15. The largest absolute Gasteiger partial charge is 0.463 e. The summed E-state index contributed by atoms with van der Waals surface area (Å²) in [6, 6.07) is 8.04. The van der Waals surface area contributed by atoms with E-state index in [9.17, 15) is 0 Å². The normalized spacial score (nSPS) is 17.9. The molecule has 0 atom stereocenters. The molecule has 0 saturated carbocycles. The molecule has 144 valence electrons.